The number of rotatable bonds is 4. The molecule has 1 aliphatic carbocycles. The summed E-state index contributed by atoms with van der Waals surface area (Å²) in [7, 11) is 0. The van der Waals surface area contributed by atoms with Crippen LogP contribution in [0.4, 0.5) is 11.4 Å². The number of benzene rings is 2. The Morgan fingerprint density at radius 1 is 1.20 bits per heavy atom. The van der Waals surface area contributed by atoms with Gasteiger partial charge in [-0.05, 0) is 34.0 Å². The monoisotopic (exact) mass is 332 g/mol. The Labute approximate surface area is 125 Å². The van der Waals surface area contributed by atoms with Crippen molar-refractivity contribution in [2.45, 2.75) is 18.4 Å². The molecule has 0 bridgehead atoms. The van der Waals surface area contributed by atoms with Crippen molar-refractivity contribution in [3.05, 3.63) is 68.7 Å². The Morgan fingerprint density at radius 3 is 2.60 bits per heavy atom. The van der Waals surface area contributed by atoms with Crippen molar-refractivity contribution in [1.82, 2.24) is 0 Å². The predicted molar refractivity (Wildman–Crippen MR) is 82.0 cm³/mol. The minimum atomic E-state index is -0.390. The van der Waals surface area contributed by atoms with Gasteiger partial charge >= 0.3 is 0 Å². The highest BCUT2D eigenvalue weighted by Crippen LogP contribution is 2.43. The minimum absolute atomic E-state index is 0.0952. The molecule has 2 aromatic carbocycles. The second-order valence-electron chi connectivity index (χ2n) is 4.92. The van der Waals surface area contributed by atoms with Crippen molar-refractivity contribution in [2.75, 3.05) is 5.32 Å². The summed E-state index contributed by atoms with van der Waals surface area (Å²) in [5.41, 5.74) is 2.33. The maximum Gasteiger partial charge on any atom is 0.270 e. The fraction of sp³-hybridized carbons (Fsp3) is 0.200. The highest BCUT2D eigenvalue weighted by atomic mass is 79.9. The maximum absolute atomic E-state index is 10.7. The average molecular weight is 333 g/mol. The van der Waals surface area contributed by atoms with Crippen molar-refractivity contribution in [3.8, 4) is 0 Å². The minimum Gasteiger partial charge on any atom is -0.381 e. The molecule has 3 rings (SSSR count). The van der Waals surface area contributed by atoms with Crippen molar-refractivity contribution in [1.29, 1.82) is 0 Å². The second kappa shape index (κ2) is 5.25. The quantitative estimate of drug-likeness (QED) is 0.669. The van der Waals surface area contributed by atoms with Crippen LogP contribution in [0.5, 0.6) is 0 Å². The molecule has 20 heavy (non-hydrogen) atoms. The van der Waals surface area contributed by atoms with E-state index in [1.165, 1.54) is 17.7 Å². The van der Waals surface area contributed by atoms with E-state index < -0.39 is 4.92 Å². The summed E-state index contributed by atoms with van der Waals surface area (Å²) >= 11 is 3.38. The molecule has 1 saturated carbocycles. The lowest BCUT2D eigenvalue weighted by Gasteiger charge is -2.08. The molecule has 0 spiro atoms. The number of hydrogen-bond acceptors (Lipinski definition) is 3. The first-order valence-electron chi connectivity index (χ1n) is 6.40. The summed E-state index contributed by atoms with van der Waals surface area (Å²) < 4.78 is 0.727. The van der Waals surface area contributed by atoms with E-state index in [9.17, 15) is 10.1 Å². The van der Waals surface area contributed by atoms with Gasteiger partial charge in [-0.15, -0.1) is 0 Å². The molecule has 102 valence electrons. The van der Waals surface area contributed by atoms with Crippen LogP contribution in [0.1, 0.15) is 17.9 Å². The SMILES string of the molecule is O=[N+]([O-])c1ccc(NC2CC2c2ccccc2)c(Br)c1. The third kappa shape index (κ3) is 2.67. The zero-order valence-electron chi connectivity index (χ0n) is 10.6. The molecule has 4 nitrogen and oxygen atoms in total. The molecule has 0 saturated heterocycles. The van der Waals surface area contributed by atoms with Gasteiger partial charge < -0.3 is 5.32 Å². The normalized spacial score (nSPS) is 20.4. The summed E-state index contributed by atoms with van der Waals surface area (Å²) in [5.74, 6) is 0.526. The third-order valence-electron chi connectivity index (χ3n) is 3.52. The van der Waals surface area contributed by atoms with Crippen LogP contribution >= 0.6 is 15.9 Å². The van der Waals surface area contributed by atoms with E-state index in [0.717, 1.165) is 16.6 Å². The lowest BCUT2D eigenvalue weighted by Crippen LogP contribution is -2.04. The molecular weight excluding hydrogens is 320 g/mol. The molecule has 0 aromatic heterocycles. The summed E-state index contributed by atoms with van der Waals surface area (Å²) in [6, 6.07) is 15.6. The van der Waals surface area contributed by atoms with Crippen molar-refractivity contribution >= 4 is 27.3 Å². The predicted octanol–water partition coefficient (Wildman–Crippen LogP) is 4.33. The Bertz CT molecular complexity index is 646. The third-order valence-corrected chi connectivity index (χ3v) is 4.18. The van der Waals surface area contributed by atoms with Gasteiger partial charge in [0.15, 0.2) is 0 Å². The van der Waals surface area contributed by atoms with Crippen LogP contribution in [0.15, 0.2) is 53.0 Å². The first-order valence-corrected chi connectivity index (χ1v) is 7.20. The van der Waals surface area contributed by atoms with Crippen LogP contribution in [0.2, 0.25) is 0 Å². The van der Waals surface area contributed by atoms with E-state index in [-0.39, 0.29) is 5.69 Å². The first kappa shape index (κ1) is 13.1. The van der Waals surface area contributed by atoms with Gasteiger partial charge in [0, 0.05) is 34.3 Å². The lowest BCUT2D eigenvalue weighted by molar-refractivity contribution is -0.384. The Hall–Kier alpha value is -1.88. The van der Waals surface area contributed by atoms with Gasteiger partial charge in [-0.3, -0.25) is 10.1 Å². The van der Waals surface area contributed by atoms with Gasteiger partial charge in [-0.1, -0.05) is 30.3 Å². The fourth-order valence-electron chi connectivity index (χ4n) is 2.36. The van der Waals surface area contributed by atoms with Crippen LogP contribution in [-0.2, 0) is 0 Å². The topological polar surface area (TPSA) is 55.2 Å². The number of hydrogen-bond donors (Lipinski definition) is 1. The van der Waals surface area contributed by atoms with E-state index in [1.807, 2.05) is 18.2 Å². The van der Waals surface area contributed by atoms with E-state index >= 15 is 0 Å². The van der Waals surface area contributed by atoms with Crippen LogP contribution in [-0.4, -0.2) is 11.0 Å². The summed E-state index contributed by atoms with van der Waals surface area (Å²) in [6.07, 6.45) is 1.09. The van der Waals surface area contributed by atoms with Gasteiger partial charge in [0.2, 0.25) is 0 Å². The highest BCUT2D eigenvalue weighted by molar-refractivity contribution is 9.10. The second-order valence-corrected chi connectivity index (χ2v) is 5.78. The molecule has 5 heteroatoms. The standard InChI is InChI=1S/C15H13BrN2O2/c16-13-8-11(18(19)20)6-7-14(13)17-15-9-12(15)10-4-2-1-3-5-10/h1-8,12,15,17H,9H2. The van der Waals surface area contributed by atoms with Gasteiger partial charge in [-0.2, -0.15) is 0 Å². The lowest BCUT2D eigenvalue weighted by atomic mass is 10.1. The molecule has 1 fully saturated rings. The van der Waals surface area contributed by atoms with Gasteiger partial charge in [-0.25, -0.2) is 0 Å². The fourth-order valence-corrected chi connectivity index (χ4v) is 2.84. The number of nitro groups is 1. The number of nitrogens with zero attached hydrogens (tertiary/aromatic N) is 1. The maximum atomic E-state index is 10.7. The van der Waals surface area contributed by atoms with E-state index in [1.54, 1.807) is 6.07 Å². The molecule has 1 N–H and O–H groups in total. The molecule has 0 amide bonds. The average Bonchev–Trinajstić information content (AvgIpc) is 3.21. The molecule has 0 aliphatic heterocycles. The molecular formula is C15H13BrN2O2. The first-order chi connectivity index (χ1) is 9.65. The molecule has 2 atom stereocenters. The summed E-state index contributed by atoms with van der Waals surface area (Å²) in [5, 5.41) is 14.1. The molecule has 2 unspecified atom stereocenters. The van der Waals surface area contributed by atoms with Crippen molar-refractivity contribution < 1.29 is 4.92 Å². The van der Waals surface area contributed by atoms with Gasteiger partial charge in [0.1, 0.15) is 0 Å². The van der Waals surface area contributed by atoms with Crippen LogP contribution in [0.3, 0.4) is 0 Å². The zero-order valence-corrected chi connectivity index (χ0v) is 12.2. The summed E-state index contributed by atoms with van der Waals surface area (Å²) in [4.78, 5) is 10.3. The van der Waals surface area contributed by atoms with Gasteiger partial charge in [0.25, 0.3) is 5.69 Å². The molecule has 0 radical (unpaired) electrons. The number of anilines is 1. The van der Waals surface area contributed by atoms with Crippen LogP contribution < -0.4 is 5.32 Å². The number of non-ortho nitro benzene ring substituents is 1. The summed E-state index contributed by atoms with van der Waals surface area (Å²) in [6.45, 7) is 0. The zero-order chi connectivity index (χ0) is 14.1. The molecule has 0 heterocycles. The van der Waals surface area contributed by atoms with Crippen molar-refractivity contribution in [2.24, 2.45) is 0 Å². The largest absolute Gasteiger partial charge is 0.381 e. The Balaban J connectivity index is 1.70. The Kier molecular flexibility index (Phi) is 3.44. The van der Waals surface area contributed by atoms with Gasteiger partial charge in [0.05, 0.1) is 4.92 Å². The molecule has 1 aliphatic rings. The number of halogens is 1. The molecule has 2 aromatic rings. The van der Waals surface area contributed by atoms with E-state index in [2.05, 4.69) is 33.4 Å². The smallest absolute Gasteiger partial charge is 0.270 e. The number of nitro benzene ring substituents is 1. The van der Waals surface area contributed by atoms with Crippen molar-refractivity contribution in [3.63, 3.8) is 0 Å². The van der Waals surface area contributed by atoms with Crippen LogP contribution in [0, 0.1) is 10.1 Å². The Morgan fingerprint density at radius 2 is 1.95 bits per heavy atom. The number of nitrogens with one attached hydrogen (secondary N) is 1. The van der Waals surface area contributed by atoms with E-state index in [4.69, 9.17) is 0 Å². The highest BCUT2D eigenvalue weighted by Gasteiger charge is 2.38. The van der Waals surface area contributed by atoms with Crippen LogP contribution in [0.25, 0.3) is 0 Å². The van der Waals surface area contributed by atoms with E-state index in [0.29, 0.717) is 12.0 Å².